The van der Waals surface area contributed by atoms with Gasteiger partial charge in [0, 0.05) is 30.6 Å². The highest BCUT2D eigenvalue weighted by atomic mass is 32.1. The first kappa shape index (κ1) is 30.7. The van der Waals surface area contributed by atoms with E-state index in [2.05, 4.69) is 15.2 Å². The number of aryl methyl sites for hydroxylation is 1. The highest BCUT2D eigenvalue weighted by molar-refractivity contribution is 7.17. The topological polar surface area (TPSA) is 74.8 Å². The molecule has 6 rings (SSSR count). The average Bonchev–Trinajstić information content (AvgIpc) is 3.63. The quantitative estimate of drug-likeness (QED) is 0.224. The number of nitrogens with one attached hydrogen (secondary N) is 1. The lowest BCUT2D eigenvalue weighted by atomic mass is 10.0. The number of carbonyl (C=O) groups excluding carboxylic acids is 2. The van der Waals surface area contributed by atoms with Crippen LogP contribution in [0.4, 0.5) is 34.8 Å². The third-order valence-electron chi connectivity index (χ3n) is 8.19. The first-order valence-corrected chi connectivity index (χ1v) is 15.3. The van der Waals surface area contributed by atoms with Gasteiger partial charge in [-0.1, -0.05) is 24.3 Å². The van der Waals surface area contributed by atoms with Crippen LogP contribution in [0.3, 0.4) is 0 Å². The Balaban J connectivity index is 1.36. The van der Waals surface area contributed by atoms with Crippen LogP contribution in [0, 0.1) is 12.7 Å². The minimum absolute atomic E-state index is 0.0618. The highest BCUT2D eigenvalue weighted by Crippen LogP contribution is 2.44. The zero-order chi connectivity index (χ0) is 31.9. The van der Waals surface area contributed by atoms with E-state index in [4.69, 9.17) is 4.74 Å². The Morgan fingerprint density at radius 1 is 1.09 bits per heavy atom. The standard InChI is InChI=1S/C33H30F4N4O3S/c1-19-6-3-8-24(34)29(19)39-31(42)27-16-20-13-15-41(26-17-21(33(35,36)37)11-12-23(26)30(20)45-27)32(43)25-9-4-10-28(38-25)40-14-5-7-22(40)18-44-2/h3-4,6,8-12,16-17,22H,5,7,13-15,18H2,1-2H3,(H,39,42)/t22-/m1/s1. The number of ether oxygens (including phenoxy) is 1. The van der Waals surface area contributed by atoms with Crippen molar-refractivity contribution in [2.75, 3.05) is 41.9 Å². The molecule has 0 bridgehead atoms. The van der Waals surface area contributed by atoms with E-state index >= 15 is 0 Å². The second-order valence-corrected chi connectivity index (χ2v) is 12.2. The summed E-state index contributed by atoms with van der Waals surface area (Å²) in [6, 6.07) is 14.6. The van der Waals surface area contributed by atoms with Gasteiger partial charge in [-0.2, -0.15) is 13.2 Å². The van der Waals surface area contributed by atoms with Gasteiger partial charge in [-0.15, -0.1) is 11.3 Å². The zero-order valence-corrected chi connectivity index (χ0v) is 25.4. The summed E-state index contributed by atoms with van der Waals surface area (Å²) in [6.45, 7) is 3.01. The second kappa shape index (κ2) is 12.2. The van der Waals surface area contributed by atoms with E-state index in [1.54, 1.807) is 44.4 Å². The van der Waals surface area contributed by atoms with E-state index in [9.17, 15) is 27.2 Å². The molecule has 12 heteroatoms. The molecule has 0 aliphatic carbocycles. The van der Waals surface area contributed by atoms with Gasteiger partial charge in [-0.25, -0.2) is 9.37 Å². The minimum Gasteiger partial charge on any atom is -0.383 e. The number of para-hydroxylation sites is 1. The smallest absolute Gasteiger partial charge is 0.383 e. The number of alkyl halides is 3. The van der Waals surface area contributed by atoms with Crippen molar-refractivity contribution in [1.29, 1.82) is 0 Å². The molecule has 234 valence electrons. The third kappa shape index (κ3) is 6.04. The Bertz CT molecular complexity index is 1750. The SMILES string of the molecule is COC[C@H]1CCCN1c1cccc(C(=O)N2CCc3cc(C(=O)Nc4c(C)cccc4F)sc3-c3ccc(C(F)(F)F)cc32)n1. The molecule has 0 unspecified atom stereocenters. The van der Waals surface area contributed by atoms with Crippen LogP contribution >= 0.6 is 11.3 Å². The van der Waals surface area contributed by atoms with Crippen molar-refractivity contribution >= 4 is 40.3 Å². The minimum atomic E-state index is -4.64. The van der Waals surface area contributed by atoms with Gasteiger partial charge in [0.2, 0.25) is 0 Å². The predicted octanol–water partition coefficient (Wildman–Crippen LogP) is 7.35. The molecule has 2 aromatic carbocycles. The van der Waals surface area contributed by atoms with E-state index in [-0.39, 0.29) is 41.0 Å². The predicted molar refractivity (Wildman–Crippen MR) is 166 cm³/mol. The van der Waals surface area contributed by atoms with Crippen LogP contribution in [0.5, 0.6) is 0 Å². The number of anilines is 3. The first-order chi connectivity index (χ1) is 21.5. The van der Waals surface area contributed by atoms with Crippen molar-refractivity contribution in [3.8, 4) is 10.4 Å². The van der Waals surface area contributed by atoms with Crippen molar-refractivity contribution in [2.45, 2.75) is 38.4 Å². The molecule has 0 saturated carbocycles. The number of rotatable bonds is 6. The van der Waals surface area contributed by atoms with Crippen LogP contribution < -0.4 is 15.1 Å². The van der Waals surface area contributed by atoms with Crippen LogP contribution in [0.2, 0.25) is 0 Å². The van der Waals surface area contributed by atoms with Gasteiger partial charge in [0.05, 0.1) is 34.5 Å². The number of nitrogens with zero attached hydrogens (tertiary/aromatic N) is 3. The number of methoxy groups -OCH3 is 1. The number of thiophene rings is 1. The maximum absolute atomic E-state index is 14.4. The van der Waals surface area contributed by atoms with E-state index in [0.717, 1.165) is 42.9 Å². The number of carbonyl (C=O) groups is 2. The number of benzene rings is 2. The van der Waals surface area contributed by atoms with Gasteiger partial charge < -0.3 is 19.9 Å². The summed E-state index contributed by atoms with van der Waals surface area (Å²) < 4.78 is 61.5. The maximum Gasteiger partial charge on any atom is 0.416 e. The lowest BCUT2D eigenvalue weighted by Crippen LogP contribution is -2.35. The Morgan fingerprint density at radius 3 is 2.64 bits per heavy atom. The van der Waals surface area contributed by atoms with Crippen LogP contribution in [0.1, 0.15) is 49.7 Å². The molecule has 1 N–H and O–H groups in total. The molecule has 1 fully saturated rings. The molecule has 4 heterocycles. The number of aromatic nitrogens is 1. The molecule has 2 aliphatic rings. The zero-order valence-electron chi connectivity index (χ0n) is 24.6. The Kier molecular flexibility index (Phi) is 8.36. The average molecular weight is 639 g/mol. The van der Waals surface area contributed by atoms with E-state index in [0.29, 0.717) is 34.0 Å². The number of fused-ring (bicyclic) bond motifs is 3. The molecule has 2 aliphatic heterocycles. The van der Waals surface area contributed by atoms with Gasteiger partial charge in [0.15, 0.2) is 0 Å². The summed E-state index contributed by atoms with van der Waals surface area (Å²) >= 11 is 1.09. The van der Waals surface area contributed by atoms with Crippen molar-refractivity contribution in [1.82, 2.24) is 4.98 Å². The number of halogens is 4. The Hall–Kier alpha value is -4.29. The summed E-state index contributed by atoms with van der Waals surface area (Å²) in [5.41, 5.74) is 1.02. The second-order valence-electron chi connectivity index (χ2n) is 11.1. The first-order valence-electron chi connectivity index (χ1n) is 14.5. The Labute approximate surface area is 261 Å². The van der Waals surface area contributed by atoms with Crippen LogP contribution in [-0.2, 0) is 17.3 Å². The summed E-state index contributed by atoms with van der Waals surface area (Å²) in [6.07, 6.45) is -2.48. The van der Waals surface area contributed by atoms with Crippen molar-refractivity contribution in [3.63, 3.8) is 0 Å². The molecule has 1 atom stereocenters. The molecular formula is C33H30F4N4O3S. The van der Waals surface area contributed by atoms with Crippen LogP contribution in [0.25, 0.3) is 10.4 Å². The molecule has 7 nitrogen and oxygen atoms in total. The van der Waals surface area contributed by atoms with E-state index in [1.165, 1.54) is 17.0 Å². The molecule has 45 heavy (non-hydrogen) atoms. The summed E-state index contributed by atoms with van der Waals surface area (Å²) in [7, 11) is 1.63. The number of pyridine rings is 1. The lowest BCUT2D eigenvalue weighted by Gasteiger charge is -2.27. The van der Waals surface area contributed by atoms with E-state index in [1.807, 2.05) is 6.07 Å². The number of hydrogen-bond acceptors (Lipinski definition) is 6. The van der Waals surface area contributed by atoms with Gasteiger partial charge >= 0.3 is 6.18 Å². The fourth-order valence-corrected chi connectivity index (χ4v) is 7.09. The summed E-state index contributed by atoms with van der Waals surface area (Å²) in [5, 5.41) is 2.62. The molecule has 2 aromatic heterocycles. The van der Waals surface area contributed by atoms with Crippen molar-refractivity contribution in [3.05, 3.63) is 93.7 Å². The van der Waals surface area contributed by atoms with Crippen molar-refractivity contribution in [2.24, 2.45) is 0 Å². The van der Waals surface area contributed by atoms with E-state index < -0.39 is 29.4 Å². The summed E-state index contributed by atoms with van der Waals surface area (Å²) in [5.74, 6) is -1.02. The fraction of sp³-hybridized carbons (Fsp3) is 0.303. The molecule has 1 saturated heterocycles. The summed E-state index contributed by atoms with van der Waals surface area (Å²) in [4.78, 5) is 36.1. The highest BCUT2D eigenvalue weighted by Gasteiger charge is 2.35. The monoisotopic (exact) mass is 638 g/mol. The lowest BCUT2D eigenvalue weighted by molar-refractivity contribution is -0.137. The van der Waals surface area contributed by atoms with Gasteiger partial charge in [-0.05, 0) is 73.7 Å². The molecular weight excluding hydrogens is 608 g/mol. The van der Waals surface area contributed by atoms with Crippen LogP contribution in [0.15, 0.2) is 60.7 Å². The van der Waals surface area contributed by atoms with Gasteiger partial charge in [-0.3, -0.25) is 9.59 Å². The molecule has 4 aromatic rings. The molecule has 2 amide bonds. The third-order valence-corrected chi connectivity index (χ3v) is 9.40. The van der Waals surface area contributed by atoms with Gasteiger partial charge in [0.25, 0.3) is 11.8 Å². The maximum atomic E-state index is 14.4. The van der Waals surface area contributed by atoms with Crippen LogP contribution in [-0.4, -0.2) is 49.6 Å². The number of hydrogen-bond donors (Lipinski definition) is 1. The molecule has 0 spiro atoms. The normalized spacial score (nSPS) is 16.3. The largest absolute Gasteiger partial charge is 0.416 e. The number of amides is 2. The van der Waals surface area contributed by atoms with Crippen molar-refractivity contribution < 1.29 is 31.9 Å². The fourth-order valence-electron chi connectivity index (χ4n) is 5.95. The Morgan fingerprint density at radius 2 is 1.89 bits per heavy atom. The van der Waals surface area contributed by atoms with Gasteiger partial charge in [0.1, 0.15) is 17.3 Å². The molecule has 0 radical (unpaired) electrons.